The Morgan fingerprint density at radius 1 is 0.971 bits per heavy atom. The highest BCUT2D eigenvalue weighted by Gasteiger charge is 2.32. The first-order valence-electron chi connectivity index (χ1n) is 11.1. The normalized spacial score (nSPS) is 15.0. The number of rotatable bonds is 4. The van der Waals surface area contributed by atoms with Crippen molar-refractivity contribution in [2.45, 2.75) is 18.7 Å². The van der Waals surface area contributed by atoms with Gasteiger partial charge in [0.05, 0.1) is 27.2 Å². The van der Waals surface area contributed by atoms with Crippen LogP contribution in [-0.4, -0.2) is 59.8 Å². The molecule has 1 saturated heterocycles. The van der Waals surface area contributed by atoms with Gasteiger partial charge in [0.2, 0.25) is 10.0 Å². The van der Waals surface area contributed by atoms with Crippen LogP contribution in [0.3, 0.4) is 0 Å². The molecule has 2 aromatic heterocycles. The van der Waals surface area contributed by atoms with Crippen LogP contribution in [0.25, 0.3) is 22.4 Å². The molecular weight excluding hydrogens is 471 g/mol. The average Bonchev–Trinajstić information content (AvgIpc) is 3.24. The van der Waals surface area contributed by atoms with Crippen molar-refractivity contribution in [1.82, 2.24) is 19.3 Å². The number of pyridine rings is 1. The summed E-state index contributed by atoms with van der Waals surface area (Å²) in [5.74, 6) is -0.743. The van der Waals surface area contributed by atoms with Crippen LogP contribution in [0, 0.1) is 19.7 Å². The van der Waals surface area contributed by atoms with Crippen molar-refractivity contribution >= 4 is 27.0 Å². The molecule has 0 saturated carbocycles. The van der Waals surface area contributed by atoms with Gasteiger partial charge >= 0.3 is 0 Å². The van der Waals surface area contributed by atoms with E-state index in [1.165, 1.54) is 16.4 Å². The lowest BCUT2D eigenvalue weighted by Gasteiger charge is -2.34. The van der Waals surface area contributed by atoms with Crippen molar-refractivity contribution in [3.63, 3.8) is 0 Å². The number of halogens is 1. The number of amides is 1. The van der Waals surface area contributed by atoms with Crippen molar-refractivity contribution < 1.29 is 22.1 Å². The summed E-state index contributed by atoms with van der Waals surface area (Å²) in [6.07, 6.45) is 0. The number of sulfonamides is 1. The molecule has 10 heteroatoms. The molecule has 4 aromatic rings. The molecule has 0 unspecified atom stereocenters. The fourth-order valence-corrected chi connectivity index (χ4v) is 5.62. The summed E-state index contributed by atoms with van der Waals surface area (Å²) in [5.41, 5.74) is 3.80. The Kier molecular flexibility index (Phi) is 5.86. The Bertz CT molecular complexity index is 1510. The van der Waals surface area contributed by atoms with Crippen LogP contribution >= 0.6 is 0 Å². The minimum absolute atomic E-state index is 0.0253. The van der Waals surface area contributed by atoms with E-state index in [-0.39, 0.29) is 42.7 Å². The first kappa shape index (κ1) is 23.1. The van der Waals surface area contributed by atoms with Crippen molar-refractivity contribution in [3.8, 4) is 11.3 Å². The van der Waals surface area contributed by atoms with E-state index in [9.17, 15) is 17.6 Å². The van der Waals surface area contributed by atoms with Gasteiger partial charge in [-0.1, -0.05) is 35.0 Å². The largest absolute Gasteiger partial charge is 0.336 e. The molecule has 8 nitrogen and oxygen atoms in total. The standard InChI is InChI=1S/C25H23FN4O4S/c1-16-3-5-18(6-4-16)22-15-21(23-17(2)28-34-24(23)27-22)25(31)29-11-13-30(14-12-29)35(32,33)20-9-7-19(26)8-10-20/h3-10,15H,11-14H2,1-2H3. The van der Waals surface area contributed by atoms with Crippen LogP contribution in [0.15, 0.2) is 64.0 Å². The average molecular weight is 495 g/mol. The predicted molar refractivity (Wildman–Crippen MR) is 128 cm³/mol. The molecule has 0 radical (unpaired) electrons. The van der Waals surface area contributed by atoms with Crippen LogP contribution < -0.4 is 0 Å². The summed E-state index contributed by atoms with van der Waals surface area (Å²) in [7, 11) is -3.78. The van der Waals surface area contributed by atoms with Crippen molar-refractivity contribution in [2.75, 3.05) is 26.2 Å². The molecule has 0 N–H and O–H groups in total. The summed E-state index contributed by atoms with van der Waals surface area (Å²) < 4.78 is 45.8. The molecule has 0 aliphatic carbocycles. The highest BCUT2D eigenvalue weighted by atomic mass is 32.2. The minimum atomic E-state index is -3.78. The Hall–Kier alpha value is -3.63. The second kappa shape index (κ2) is 8.86. The number of aryl methyl sites for hydroxylation is 2. The molecule has 0 atom stereocenters. The third kappa shape index (κ3) is 4.30. The Morgan fingerprint density at radius 2 is 1.63 bits per heavy atom. The van der Waals surface area contributed by atoms with Gasteiger partial charge in [0.25, 0.3) is 11.6 Å². The van der Waals surface area contributed by atoms with E-state index in [1.54, 1.807) is 17.9 Å². The number of benzene rings is 2. The predicted octanol–water partition coefficient (Wildman–Crippen LogP) is 3.79. The maximum absolute atomic E-state index is 13.6. The fraction of sp³-hybridized carbons (Fsp3) is 0.240. The van der Waals surface area contributed by atoms with E-state index in [1.807, 2.05) is 31.2 Å². The number of piperazine rings is 1. The summed E-state index contributed by atoms with van der Waals surface area (Å²) >= 11 is 0. The van der Waals surface area contributed by atoms with E-state index in [4.69, 9.17) is 4.52 Å². The van der Waals surface area contributed by atoms with Gasteiger partial charge in [-0.25, -0.2) is 17.8 Å². The number of carbonyl (C=O) groups excluding carboxylic acids is 1. The Labute approximate surface area is 202 Å². The maximum atomic E-state index is 13.6. The third-order valence-corrected chi connectivity index (χ3v) is 8.08. The number of hydrogen-bond donors (Lipinski definition) is 0. The van der Waals surface area contributed by atoms with Crippen LogP contribution in [0.2, 0.25) is 0 Å². The zero-order valence-corrected chi connectivity index (χ0v) is 20.0. The molecule has 3 heterocycles. The van der Waals surface area contributed by atoms with Gasteiger partial charge < -0.3 is 9.42 Å². The monoisotopic (exact) mass is 494 g/mol. The Balaban J connectivity index is 1.41. The zero-order valence-electron chi connectivity index (χ0n) is 19.2. The number of fused-ring (bicyclic) bond motifs is 1. The van der Waals surface area contributed by atoms with Gasteiger partial charge in [-0.15, -0.1) is 0 Å². The van der Waals surface area contributed by atoms with E-state index in [0.29, 0.717) is 22.3 Å². The molecule has 1 aliphatic heterocycles. The van der Waals surface area contributed by atoms with Gasteiger partial charge in [-0.3, -0.25) is 4.79 Å². The molecule has 35 heavy (non-hydrogen) atoms. The number of nitrogens with zero attached hydrogens (tertiary/aromatic N) is 4. The summed E-state index contributed by atoms with van der Waals surface area (Å²) in [6, 6.07) is 14.3. The van der Waals surface area contributed by atoms with Crippen molar-refractivity contribution in [1.29, 1.82) is 0 Å². The molecule has 0 spiro atoms. The molecule has 1 aliphatic rings. The quantitative estimate of drug-likeness (QED) is 0.428. The molecule has 0 bridgehead atoms. The molecule has 5 rings (SSSR count). The third-order valence-electron chi connectivity index (χ3n) is 6.17. The summed E-state index contributed by atoms with van der Waals surface area (Å²) in [4.78, 5) is 19.8. The lowest BCUT2D eigenvalue weighted by molar-refractivity contribution is 0.0699. The number of aromatic nitrogens is 2. The first-order valence-corrected chi connectivity index (χ1v) is 12.6. The second-order valence-corrected chi connectivity index (χ2v) is 10.5. The number of hydrogen-bond acceptors (Lipinski definition) is 6. The van der Waals surface area contributed by atoms with E-state index >= 15 is 0 Å². The number of carbonyl (C=O) groups is 1. The van der Waals surface area contributed by atoms with Crippen LogP contribution in [0.1, 0.15) is 21.6 Å². The lowest BCUT2D eigenvalue weighted by atomic mass is 10.0. The van der Waals surface area contributed by atoms with Gasteiger partial charge in [-0.05, 0) is 44.2 Å². The van der Waals surface area contributed by atoms with E-state index in [2.05, 4.69) is 10.1 Å². The van der Waals surface area contributed by atoms with Crippen LogP contribution in [-0.2, 0) is 10.0 Å². The highest BCUT2D eigenvalue weighted by Crippen LogP contribution is 2.29. The highest BCUT2D eigenvalue weighted by molar-refractivity contribution is 7.89. The molecule has 1 amide bonds. The van der Waals surface area contributed by atoms with Crippen molar-refractivity contribution in [3.05, 3.63) is 77.2 Å². The molecular formula is C25H23FN4O4S. The maximum Gasteiger partial charge on any atom is 0.259 e. The van der Waals surface area contributed by atoms with Gasteiger partial charge in [0, 0.05) is 31.7 Å². The summed E-state index contributed by atoms with van der Waals surface area (Å²) in [5, 5.41) is 4.54. The van der Waals surface area contributed by atoms with Crippen molar-refractivity contribution in [2.24, 2.45) is 0 Å². The molecule has 2 aromatic carbocycles. The SMILES string of the molecule is Cc1ccc(-c2cc(C(=O)N3CCN(S(=O)(=O)c4ccc(F)cc4)CC3)c3c(C)noc3n2)cc1. The minimum Gasteiger partial charge on any atom is -0.336 e. The summed E-state index contributed by atoms with van der Waals surface area (Å²) in [6.45, 7) is 4.44. The van der Waals surface area contributed by atoms with E-state index in [0.717, 1.165) is 23.3 Å². The lowest BCUT2D eigenvalue weighted by Crippen LogP contribution is -2.50. The van der Waals surface area contributed by atoms with Gasteiger partial charge in [0.1, 0.15) is 5.82 Å². The first-order chi connectivity index (χ1) is 16.7. The zero-order chi connectivity index (χ0) is 24.7. The van der Waals surface area contributed by atoms with E-state index < -0.39 is 15.8 Å². The van der Waals surface area contributed by atoms with Crippen LogP contribution in [0.5, 0.6) is 0 Å². The van der Waals surface area contributed by atoms with Crippen LogP contribution in [0.4, 0.5) is 4.39 Å². The smallest absolute Gasteiger partial charge is 0.259 e. The van der Waals surface area contributed by atoms with Gasteiger partial charge in [-0.2, -0.15) is 4.31 Å². The second-order valence-electron chi connectivity index (χ2n) is 8.52. The molecule has 180 valence electrons. The Morgan fingerprint density at radius 3 is 2.29 bits per heavy atom. The molecule has 1 fully saturated rings. The fourth-order valence-electron chi connectivity index (χ4n) is 4.19. The van der Waals surface area contributed by atoms with Gasteiger partial charge in [0.15, 0.2) is 0 Å². The topological polar surface area (TPSA) is 96.6 Å².